The number of hydrogen-bond acceptors (Lipinski definition) is 3. The first kappa shape index (κ1) is 13.5. The molecule has 0 amide bonds. The lowest BCUT2D eigenvalue weighted by molar-refractivity contribution is 0.132. The SMILES string of the molecule is CSc1ccc(CN2CC3CNCC3C2(C)C)cc1. The van der Waals surface area contributed by atoms with E-state index in [-0.39, 0.29) is 0 Å². The maximum absolute atomic E-state index is 3.55. The minimum atomic E-state index is 0.326. The highest BCUT2D eigenvalue weighted by Crippen LogP contribution is 2.41. The van der Waals surface area contributed by atoms with Crippen LogP contribution in [0.4, 0.5) is 0 Å². The first-order valence-electron chi connectivity index (χ1n) is 7.20. The monoisotopic (exact) mass is 276 g/mol. The summed E-state index contributed by atoms with van der Waals surface area (Å²) < 4.78 is 0. The molecule has 2 nitrogen and oxygen atoms in total. The zero-order valence-electron chi connectivity index (χ0n) is 12.1. The van der Waals surface area contributed by atoms with Crippen molar-refractivity contribution in [2.45, 2.75) is 30.8 Å². The Morgan fingerprint density at radius 2 is 2.00 bits per heavy atom. The zero-order valence-corrected chi connectivity index (χ0v) is 13.0. The van der Waals surface area contributed by atoms with E-state index >= 15 is 0 Å². The van der Waals surface area contributed by atoms with Crippen LogP contribution in [0.15, 0.2) is 29.2 Å². The number of fused-ring (bicyclic) bond motifs is 1. The molecule has 2 aliphatic rings. The summed E-state index contributed by atoms with van der Waals surface area (Å²) in [7, 11) is 0. The van der Waals surface area contributed by atoms with Crippen molar-refractivity contribution >= 4 is 11.8 Å². The molecule has 2 atom stereocenters. The predicted molar refractivity (Wildman–Crippen MR) is 82.6 cm³/mol. The number of nitrogens with one attached hydrogen (secondary N) is 1. The molecule has 0 bridgehead atoms. The average molecular weight is 276 g/mol. The summed E-state index contributed by atoms with van der Waals surface area (Å²) in [4.78, 5) is 4.03. The van der Waals surface area contributed by atoms with Crippen LogP contribution >= 0.6 is 11.8 Å². The van der Waals surface area contributed by atoms with Gasteiger partial charge < -0.3 is 5.32 Å². The number of likely N-dealkylation sites (tertiary alicyclic amines) is 1. The summed E-state index contributed by atoms with van der Waals surface area (Å²) in [6, 6.07) is 9.05. The molecule has 0 radical (unpaired) electrons. The number of thioether (sulfide) groups is 1. The molecule has 3 heteroatoms. The molecule has 2 fully saturated rings. The van der Waals surface area contributed by atoms with Gasteiger partial charge in [-0.3, -0.25) is 4.90 Å². The second-order valence-electron chi connectivity index (χ2n) is 6.41. The molecule has 19 heavy (non-hydrogen) atoms. The molecule has 1 N–H and O–H groups in total. The summed E-state index contributed by atoms with van der Waals surface area (Å²) in [5.41, 5.74) is 1.77. The van der Waals surface area contributed by atoms with Crippen LogP contribution in [0.5, 0.6) is 0 Å². The first-order valence-corrected chi connectivity index (χ1v) is 8.42. The Bertz CT molecular complexity index is 441. The van der Waals surface area contributed by atoms with E-state index < -0.39 is 0 Å². The Kier molecular flexibility index (Phi) is 3.63. The largest absolute Gasteiger partial charge is 0.316 e. The number of hydrogen-bond donors (Lipinski definition) is 1. The maximum atomic E-state index is 3.55. The second-order valence-corrected chi connectivity index (χ2v) is 7.29. The molecule has 2 unspecified atom stereocenters. The van der Waals surface area contributed by atoms with Gasteiger partial charge in [0.05, 0.1) is 0 Å². The van der Waals surface area contributed by atoms with Crippen LogP contribution < -0.4 is 5.32 Å². The summed E-state index contributed by atoms with van der Waals surface area (Å²) in [5.74, 6) is 1.67. The van der Waals surface area contributed by atoms with E-state index in [1.165, 1.54) is 30.1 Å². The minimum Gasteiger partial charge on any atom is -0.316 e. The van der Waals surface area contributed by atoms with E-state index in [2.05, 4.69) is 54.6 Å². The maximum Gasteiger partial charge on any atom is 0.0239 e. The second kappa shape index (κ2) is 5.12. The highest BCUT2D eigenvalue weighted by molar-refractivity contribution is 7.98. The van der Waals surface area contributed by atoms with Gasteiger partial charge in [-0.1, -0.05) is 12.1 Å². The summed E-state index contributed by atoms with van der Waals surface area (Å²) in [5, 5.41) is 3.55. The van der Waals surface area contributed by atoms with Gasteiger partial charge in [0.25, 0.3) is 0 Å². The Hall–Kier alpha value is -0.510. The highest BCUT2D eigenvalue weighted by atomic mass is 32.2. The van der Waals surface area contributed by atoms with E-state index in [0.717, 1.165) is 18.4 Å². The molecule has 2 saturated heterocycles. The van der Waals surface area contributed by atoms with E-state index in [1.807, 2.05) is 11.8 Å². The predicted octanol–water partition coefficient (Wildman–Crippen LogP) is 2.84. The molecule has 0 aliphatic carbocycles. The van der Waals surface area contributed by atoms with Crippen molar-refractivity contribution in [3.63, 3.8) is 0 Å². The van der Waals surface area contributed by atoms with Gasteiger partial charge in [-0.2, -0.15) is 0 Å². The fourth-order valence-corrected chi connectivity index (χ4v) is 4.13. The molecule has 1 aromatic rings. The van der Waals surface area contributed by atoms with E-state index in [0.29, 0.717) is 5.54 Å². The number of benzene rings is 1. The molecule has 0 saturated carbocycles. The highest BCUT2D eigenvalue weighted by Gasteiger charge is 2.49. The van der Waals surface area contributed by atoms with Crippen molar-refractivity contribution in [3.05, 3.63) is 29.8 Å². The molecule has 104 valence electrons. The average Bonchev–Trinajstić information content (AvgIpc) is 2.95. The minimum absolute atomic E-state index is 0.326. The Balaban J connectivity index is 1.72. The molecule has 1 aromatic carbocycles. The molecule has 2 heterocycles. The van der Waals surface area contributed by atoms with Crippen molar-refractivity contribution < 1.29 is 0 Å². The van der Waals surface area contributed by atoms with Crippen molar-refractivity contribution in [3.8, 4) is 0 Å². The normalized spacial score (nSPS) is 29.6. The van der Waals surface area contributed by atoms with Crippen LogP contribution in [0.2, 0.25) is 0 Å². The molecule has 0 spiro atoms. The van der Waals surface area contributed by atoms with Crippen LogP contribution in [-0.2, 0) is 6.54 Å². The fourth-order valence-electron chi connectivity index (χ4n) is 3.72. The van der Waals surface area contributed by atoms with Crippen LogP contribution in [0.3, 0.4) is 0 Å². The summed E-state index contributed by atoms with van der Waals surface area (Å²) >= 11 is 1.81. The van der Waals surface area contributed by atoms with Gasteiger partial charge in [0.15, 0.2) is 0 Å². The third-order valence-electron chi connectivity index (χ3n) is 5.05. The lowest BCUT2D eigenvalue weighted by atomic mass is 9.85. The van der Waals surface area contributed by atoms with Gasteiger partial charge in [-0.05, 0) is 56.2 Å². The lowest BCUT2D eigenvalue weighted by Gasteiger charge is -2.35. The van der Waals surface area contributed by atoms with Crippen LogP contribution in [0, 0.1) is 11.8 Å². The van der Waals surface area contributed by atoms with Crippen LogP contribution in [-0.4, -0.2) is 36.3 Å². The van der Waals surface area contributed by atoms with Crippen LogP contribution in [0.25, 0.3) is 0 Å². The van der Waals surface area contributed by atoms with Gasteiger partial charge >= 0.3 is 0 Å². The van der Waals surface area contributed by atoms with Gasteiger partial charge in [-0.15, -0.1) is 11.8 Å². The Morgan fingerprint density at radius 1 is 1.26 bits per heavy atom. The van der Waals surface area contributed by atoms with Gasteiger partial charge in [-0.25, -0.2) is 0 Å². The third-order valence-corrected chi connectivity index (χ3v) is 5.79. The lowest BCUT2D eigenvalue weighted by Crippen LogP contribution is -2.43. The molecule has 2 aliphatic heterocycles. The Morgan fingerprint density at radius 3 is 2.63 bits per heavy atom. The smallest absolute Gasteiger partial charge is 0.0239 e. The molecular weight excluding hydrogens is 252 g/mol. The molecular formula is C16H24N2S. The quantitative estimate of drug-likeness (QED) is 0.855. The Labute approximate surface area is 121 Å². The fraction of sp³-hybridized carbons (Fsp3) is 0.625. The van der Waals surface area contributed by atoms with Crippen molar-refractivity contribution in [2.24, 2.45) is 11.8 Å². The number of nitrogens with zero attached hydrogens (tertiary/aromatic N) is 1. The van der Waals surface area contributed by atoms with Crippen molar-refractivity contribution in [1.29, 1.82) is 0 Å². The van der Waals surface area contributed by atoms with Crippen molar-refractivity contribution in [2.75, 3.05) is 25.9 Å². The van der Waals surface area contributed by atoms with Gasteiger partial charge in [0, 0.05) is 30.1 Å². The molecule has 3 rings (SSSR count). The third kappa shape index (κ3) is 2.44. The molecule has 0 aromatic heterocycles. The zero-order chi connectivity index (χ0) is 13.5. The van der Waals surface area contributed by atoms with Gasteiger partial charge in [0.2, 0.25) is 0 Å². The number of rotatable bonds is 3. The standard InChI is InChI=1S/C16H24N2S/c1-16(2)15-9-17-8-13(15)11-18(16)10-12-4-6-14(19-3)7-5-12/h4-7,13,15,17H,8-11H2,1-3H3. The topological polar surface area (TPSA) is 15.3 Å². The van der Waals surface area contributed by atoms with Crippen molar-refractivity contribution in [1.82, 2.24) is 10.2 Å². The van der Waals surface area contributed by atoms with E-state index in [1.54, 1.807) is 0 Å². The first-order chi connectivity index (χ1) is 9.11. The van der Waals surface area contributed by atoms with E-state index in [9.17, 15) is 0 Å². The van der Waals surface area contributed by atoms with E-state index in [4.69, 9.17) is 0 Å². The summed E-state index contributed by atoms with van der Waals surface area (Å²) in [6.45, 7) is 9.57. The summed E-state index contributed by atoms with van der Waals surface area (Å²) in [6.07, 6.45) is 2.13. The van der Waals surface area contributed by atoms with Crippen LogP contribution in [0.1, 0.15) is 19.4 Å². The van der Waals surface area contributed by atoms with Gasteiger partial charge in [0.1, 0.15) is 0 Å².